The molecule has 4 aromatic rings. The number of carbonyl (C=O) groups excluding carboxylic acids is 1. The second-order valence-corrected chi connectivity index (χ2v) is 8.44. The van der Waals surface area contributed by atoms with Gasteiger partial charge in [-0.05, 0) is 26.0 Å². The zero-order chi connectivity index (χ0) is 20.9. The number of rotatable bonds is 6. The molecule has 1 heterocycles. The Morgan fingerprint density at radius 3 is 2.13 bits per heavy atom. The largest absolute Gasteiger partial charge is 0.332 e. The Morgan fingerprint density at radius 1 is 0.900 bits per heavy atom. The highest BCUT2D eigenvalue weighted by atomic mass is 32.2. The fraction of sp³-hybridized carbons (Fsp3) is 0.120. The van der Waals surface area contributed by atoms with E-state index in [1.54, 1.807) is 0 Å². The summed E-state index contributed by atoms with van der Waals surface area (Å²) in [6, 6.07) is 28.0. The van der Waals surface area contributed by atoms with Crippen LogP contribution in [0.1, 0.15) is 12.5 Å². The van der Waals surface area contributed by atoms with E-state index in [0.717, 1.165) is 38.9 Å². The van der Waals surface area contributed by atoms with Crippen molar-refractivity contribution in [1.82, 2.24) is 9.97 Å². The molecule has 1 unspecified atom stereocenters. The van der Waals surface area contributed by atoms with E-state index in [4.69, 9.17) is 4.98 Å². The Bertz CT molecular complexity index is 1070. The van der Waals surface area contributed by atoms with Gasteiger partial charge in [0.15, 0.2) is 5.16 Å². The van der Waals surface area contributed by atoms with Crippen LogP contribution in [0.15, 0.2) is 90.1 Å². The van der Waals surface area contributed by atoms with Crippen LogP contribution in [0.5, 0.6) is 0 Å². The van der Waals surface area contributed by atoms with Gasteiger partial charge in [-0.3, -0.25) is 4.79 Å². The van der Waals surface area contributed by atoms with Gasteiger partial charge in [0.25, 0.3) is 0 Å². The van der Waals surface area contributed by atoms with Crippen LogP contribution in [0.4, 0.5) is 5.69 Å². The molecule has 0 aliphatic heterocycles. The van der Waals surface area contributed by atoms with Crippen molar-refractivity contribution in [2.45, 2.75) is 24.3 Å². The summed E-state index contributed by atoms with van der Waals surface area (Å²) >= 11 is 1.42. The first-order valence-corrected chi connectivity index (χ1v) is 10.7. The van der Waals surface area contributed by atoms with Crippen LogP contribution in [-0.2, 0) is 4.79 Å². The van der Waals surface area contributed by atoms with Crippen LogP contribution in [0.3, 0.4) is 0 Å². The van der Waals surface area contributed by atoms with Gasteiger partial charge in [-0.1, -0.05) is 90.1 Å². The minimum Gasteiger partial charge on any atom is -0.332 e. The summed E-state index contributed by atoms with van der Waals surface area (Å²) in [5.74, 6) is -0.0530. The number of anilines is 1. The average Bonchev–Trinajstić information content (AvgIpc) is 3.20. The lowest BCUT2D eigenvalue weighted by Crippen LogP contribution is -2.22. The number of aromatic amines is 1. The summed E-state index contributed by atoms with van der Waals surface area (Å²) in [4.78, 5) is 20.9. The third-order valence-electron chi connectivity index (χ3n) is 4.77. The predicted molar refractivity (Wildman–Crippen MR) is 125 cm³/mol. The highest BCUT2D eigenvalue weighted by Gasteiger charge is 2.20. The van der Waals surface area contributed by atoms with Crippen molar-refractivity contribution in [3.05, 3.63) is 90.5 Å². The number of nitrogens with zero attached hydrogens (tertiary/aromatic N) is 1. The van der Waals surface area contributed by atoms with Gasteiger partial charge in [0.1, 0.15) is 0 Å². The third-order valence-corrected chi connectivity index (χ3v) is 5.75. The van der Waals surface area contributed by atoms with Crippen molar-refractivity contribution in [2.24, 2.45) is 0 Å². The summed E-state index contributed by atoms with van der Waals surface area (Å²) in [5.41, 5.74) is 5.90. The Morgan fingerprint density at radius 2 is 1.50 bits per heavy atom. The molecule has 4 nitrogen and oxygen atoms in total. The Hall–Kier alpha value is -3.31. The van der Waals surface area contributed by atoms with Crippen molar-refractivity contribution < 1.29 is 4.79 Å². The van der Waals surface area contributed by atoms with Crippen LogP contribution in [0.25, 0.3) is 22.5 Å². The second kappa shape index (κ2) is 9.01. The lowest BCUT2D eigenvalue weighted by atomic mass is 10.1. The molecule has 2 N–H and O–H groups in total. The van der Waals surface area contributed by atoms with Gasteiger partial charge >= 0.3 is 0 Å². The van der Waals surface area contributed by atoms with Crippen LogP contribution in [0.2, 0.25) is 0 Å². The molecule has 0 fully saturated rings. The van der Waals surface area contributed by atoms with Crippen molar-refractivity contribution in [3.8, 4) is 22.5 Å². The minimum absolute atomic E-state index is 0.0530. The predicted octanol–water partition coefficient (Wildman–Crippen LogP) is 6.17. The summed E-state index contributed by atoms with van der Waals surface area (Å²) in [7, 11) is 0. The van der Waals surface area contributed by atoms with E-state index in [-0.39, 0.29) is 11.2 Å². The van der Waals surface area contributed by atoms with Gasteiger partial charge in [0.2, 0.25) is 5.91 Å². The lowest BCUT2D eigenvalue weighted by molar-refractivity contribution is -0.115. The number of H-pyrrole nitrogens is 1. The maximum atomic E-state index is 12.7. The second-order valence-electron chi connectivity index (χ2n) is 7.11. The minimum atomic E-state index is -0.301. The highest BCUT2D eigenvalue weighted by molar-refractivity contribution is 8.00. The quantitative estimate of drug-likeness (QED) is 0.372. The summed E-state index contributed by atoms with van der Waals surface area (Å²) in [6.45, 7) is 3.91. The molecule has 0 bridgehead atoms. The molecule has 4 rings (SSSR count). The summed E-state index contributed by atoms with van der Waals surface area (Å²) in [5, 5.41) is 3.39. The standard InChI is InChI=1S/C25H23N3OS/c1-17-13-15-21(16-14-17)26-24(29)18(2)30-25-27-22(19-9-5-3-6-10-19)23(28-25)20-11-7-4-8-12-20/h3-16,18H,1-2H3,(H,26,29)(H,27,28). The molecule has 1 atom stereocenters. The summed E-state index contributed by atoms with van der Waals surface area (Å²) < 4.78 is 0. The van der Waals surface area contributed by atoms with E-state index < -0.39 is 0 Å². The van der Waals surface area contributed by atoms with Crippen molar-refractivity contribution in [2.75, 3.05) is 5.32 Å². The van der Waals surface area contributed by atoms with Crippen LogP contribution in [-0.4, -0.2) is 21.1 Å². The van der Waals surface area contributed by atoms with E-state index in [2.05, 4.69) is 22.4 Å². The zero-order valence-electron chi connectivity index (χ0n) is 16.9. The number of nitrogens with one attached hydrogen (secondary N) is 2. The molecule has 0 saturated heterocycles. The van der Waals surface area contributed by atoms with Crippen molar-refractivity contribution >= 4 is 23.4 Å². The van der Waals surface area contributed by atoms with E-state index in [9.17, 15) is 4.79 Å². The lowest BCUT2D eigenvalue weighted by Gasteiger charge is -2.10. The van der Waals surface area contributed by atoms with Crippen molar-refractivity contribution in [1.29, 1.82) is 0 Å². The molecular formula is C25H23N3OS. The van der Waals surface area contributed by atoms with Crippen LogP contribution in [0, 0.1) is 6.92 Å². The van der Waals surface area contributed by atoms with Gasteiger partial charge < -0.3 is 10.3 Å². The number of hydrogen-bond acceptors (Lipinski definition) is 3. The number of aromatic nitrogens is 2. The molecule has 150 valence electrons. The first-order chi connectivity index (χ1) is 14.6. The topological polar surface area (TPSA) is 57.8 Å². The van der Waals surface area contributed by atoms with Gasteiger partial charge in [0.05, 0.1) is 16.6 Å². The molecule has 1 aromatic heterocycles. The number of benzene rings is 3. The Labute approximate surface area is 180 Å². The number of hydrogen-bond donors (Lipinski definition) is 2. The average molecular weight is 414 g/mol. The molecular weight excluding hydrogens is 390 g/mol. The zero-order valence-corrected chi connectivity index (χ0v) is 17.7. The molecule has 0 radical (unpaired) electrons. The van der Waals surface area contributed by atoms with E-state index in [1.807, 2.05) is 86.6 Å². The normalized spacial score (nSPS) is 11.8. The van der Waals surface area contributed by atoms with Gasteiger partial charge in [0, 0.05) is 16.8 Å². The van der Waals surface area contributed by atoms with Gasteiger partial charge in [-0.2, -0.15) is 0 Å². The third kappa shape index (κ3) is 4.63. The first kappa shape index (κ1) is 20.0. The molecule has 0 spiro atoms. The number of carbonyl (C=O) groups is 1. The maximum Gasteiger partial charge on any atom is 0.237 e. The maximum absolute atomic E-state index is 12.7. The van der Waals surface area contributed by atoms with Gasteiger partial charge in [-0.25, -0.2) is 4.98 Å². The van der Waals surface area contributed by atoms with Crippen LogP contribution < -0.4 is 5.32 Å². The number of amides is 1. The van der Waals surface area contributed by atoms with Gasteiger partial charge in [-0.15, -0.1) is 0 Å². The monoisotopic (exact) mass is 413 g/mol. The van der Waals surface area contributed by atoms with Crippen molar-refractivity contribution in [3.63, 3.8) is 0 Å². The Balaban J connectivity index is 1.57. The number of imidazole rings is 1. The molecule has 0 aliphatic rings. The van der Waals surface area contributed by atoms with E-state index >= 15 is 0 Å². The molecule has 5 heteroatoms. The van der Waals surface area contributed by atoms with E-state index in [0.29, 0.717) is 0 Å². The summed E-state index contributed by atoms with van der Waals surface area (Å²) in [6.07, 6.45) is 0. The number of aryl methyl sites for hydroxylation is 1. The fourth-order valence-electron chi connectivity index (χ4n) is 3.13. The smallest absolute Gasteiger partial charge is 0.237 e. The molecule has 0 aliphatic carbocycles. The molecule has 3 aromatic carbocycles. The molecule has 1 amide bonds. The van der Waals surface area contributed by atoms with E-state index in [1.165, 1.54) is 11.8 Å². The molecule has 0 saturated carbocycles. The highest BCUT2D eigenvalue weighted by Crippen LogP contribution is 2.33. The Kier molecular flexibility index (Phi) is 6.00. The number of thioether (sulfide) groups is 1. The molecule has 30 heavy (non-hydrogen) atoms. The first-order valence-electron chi connectivity index (χ1n) is 9.85. The fourth-order valence-corrected chi connectivity index (χ4v) is 3.93. The van der Waals surface area contributed by atoms with Crippen LogP contribution >= 0.6 is 11.8 Å². The SMILES string of the molecule is Cc1ccc(NC(=O)C(C)Sc2nc(-c3ccccc3)c(-c3ccccc3)[nH]2)cc1.